The summed E-state index contributed by atoms with van der Waals surface area (Å²) in [4.78, 5) is 16.0. The second-order valence-electron chi connectivity index (χ2n) is 6.35. The molecule has 0 saturated carbocycles. The van der Waals surface area contributed by atoms with E-state index in [1.807, 2.05) is 60.7 Å². The van der Waals surface area contributed by atoms with Crippen LogP contribution in [0.25, 0.3) is 22.5 Å². The Morgan fingerprint density at radius 2 is 1.54 bits per heavy atom. The quantitative estimate of drug-likeness (QED) is 0.645. The standard InChI is InChI=1S/C21H22N2O2.ClH/c1-15(2)21-22-19(16-9-5-3-6-10-16)20(17-11-7-4-8-12-17)23(21)14-13-18(24)25;/h3-12,15H,13-14H2,1-2H3,(H,24,25);1H. The van der Waals surface area contributed by atoms with E-state index in [0.717, 1.165) is 28.3 Å². The first-order valence-corrected chi connectivity index (χ1v) is 8.51. The Bertz CT molecular complexity index is 858. The molecule has 0 fully saturated rings. The van der Waals surface area contributed by atoms with Gasteiger partial charge in [0.25, 0.3) is 0 Å². The summed E-state index contributed by atoms with van der Waals surface area (Å²) in [5, 5.41) is 9.16. The molecule has 0 atom stereocenters. The minimum Gasteiger partial charge on any atom is -0.481 e. The van der Waals surface area contributed by atoms with Crippen molar-refractivity contribution in [3.63, 3.8) is 0 Å². The molecule has 0 radical (unpaired) electrons. The molecule has 0 aliphatic rings. The number of carboxylic acids is 1. The van der Waals surface area contributed by atoms with Gasteiger partial charge in [-0.15, -0.1) is 12.4 Å². The fourth-order valence-electron chi connectivity index (χ4n) is 3.03. The van der Waals surface area contributed by atoms with Gasteiger partial charge in [0.15, 0.2) is 0 Å². The molecule has 3 rings (SSSR count). The zero-order valence-corrected chi connectivity index (χ0v) is 15.7. The fraction of sp³-hybridized carbons (Fsp3) is 0.238. The number of nitrogens with zero attached hydrogens (tertiary/aromatic N) is 2. The van der Waals surface area contributed by atoms with E-state index in [0.29, 0.717) is 6.54 Å². The lowest BCUT2D eigenvalue weighted by Crippen LogP contribution is -2.10. The van der Waals surface area contributed by atoms with Crippen LogP contribution in [-0.4, -0.2) is 20.6 Å². The number of halogens is 1. The average Bonchev–Trinajstić information content (AvgIpc) is 3.01. The molecular formula is C21H23ClN2O2. The highest BCUT2D eigenvalue weighted by molar-refractivity contribution is 5.85. The maximum absolute atomic E-state index is 11.1. The van der Waals surface area contributed by atoms with Crippen LogP contribution in [0.1, 0.15) is 32.0 Å². The molecule has 0 bridgehead atoms. The minimum atomic E-state index is -0.802. The summed E-state index contributed by atoms with van der Waals surface area (Å²) in [6.07, 6.45) is 0.0736. The highest BCUT2D eigenvalue weighted by atomic mass is 35.5. The third kappa shape index (κ3) is 4.14. The van der Waals surface area contributed by atoms with Gasteiger partial charge in [-0.2, -0.15) is 0 Å². The number of benzene rings is 2. The van der Waals surface area contributed by atoms with Gasteiger partial charge in [-0.25, -0.2) is 4.98 Å². The highest BCUT2D eigenvalue weighted by Gasteiger charge is 2.21. The van der Waals surface area contributed by atoms with Gasteiger partial charge in [0.2, 0.25) is 0 Å². The van der Waals surface area contributed by atoms with Crippen LogP contribution in [-0.2, 0) is 11.3 Å². The second kappa shape index (κ2) is 8.68. The summed E-state index contributed by atoms with van der Waals surface area (Å²) in [6.45, 7) is 4.58. The van der Waals surface area contributed by atoms with Gasteiger partial charge in [-0.3, -0.25) is 4.79 Å². The summed E-state index contributed by atoms with van der Waals surface area (Å²) < 4.78 is 2.07. The molecule has 0 aliphatic carbocycles. The van der Waals surface area contributed by atoms with Gasteiger partial charge in [0.1, 0.15) is 5.82 Å². The predicted molar refractivity (Wildman–Crippen MR) is 107 cm³/mol. The number of aliphatic carboxylic acids is 1. The number of aromatic nitrogens is 2. The molecule has 26 heavy (non-hydrogen) atoms. The normalized spacial score (nSPS) is 10.6. The van der Waals surface area contributed by atoms with Crippen molar-refractivity contribution in [1.82, 2.24) is 9.55 Å². The maximum atomic E-state index is 11.1. The van der Waals surface area contributed by atoms with E-state index < -0.39 is 5.97 Å². The molecule has 0 spiro atoms. The Morgan fingerprint density at radius 1 is 1.00 bits per heavy atom. The number of imidazole rings is 1. The third-order valence-corrected chi connectivity index (χ3v) is 4.16. The van der Waals surface area contributed by atoms with E-state index in [-0.39, 0.29) is 24.7 Å². The lowest BCUT2D eigenvalue weighted by molar-refractivity contribution is -0.137. The average molecular weight is 371 g/mol. The van der Waals surface area contributed by atoms with Crippen molar-refractivity contribution in [1.29, 1.82) is 0 Å². The smallest absolute Gasteiger partial charge is 0.305 e. The fourth-order valence-corrected chi connectivity index (χ4v) is 3.03. The molecule has 1 N–H and O–H groups in total. The van der Waals surface area contributed by atoms with Crippen LogP contribution in [0.5, 0.6) is 0 Å². The van der Waals surface area contributed by atoms with E-state index in [2.05, 4.69) is 18.4 Å². The number of carbonyl (C=O) groups is 1. The van der Waals surface area contributed by atoms with Gasteiger partial charge >= 0.3 is 5.97 Å². The van der Waals surface area contributed by atoms with Crippen LogP contribution in [0.2, 0.25) is 0 Å². The van der Waals surface area contributed by atoms with Crippen LogP contribution in [0.15, 0.2) is 60.7 Å². The van der Waals surface area contributed by atoms with Crippen molar-refractivity contribution >= 4 is 18.4 Å². The Kier molecular flexibility index (Phi) is 6.58. The lowest BCUT2D eigenvalue weighted by Gasteiger charge is -2.13. The van der Waals surface area contributed by atoms with Gasteiger partial charge in [0, 0.05) is 23.6 Å². The molecule has 0 amide bonds. The Hall–Kier alpha value is -2.59. The van der Waals surface area contributed by atoms with Crippen LogP contribution < -0.4 is 0 Å². The van der Waals surface area contributed by atoms with E-state index in [4.69, 9.17) is 10.1 Å². The van der Waals surface area contributed by atoms with Crippen LogP contribution in [0.3, 0.4) is 0 Å². The number of carboxylic acid groups (broad SMARTS) is 1. The zero-order valence-electron chi connectivity index (χ0n) is 14.9. The molecule has 4 nitrogen and oxygen atoms in total. The minimum absolute atomic E-state index is 0. The molecule has 1 heterocycles. The summed E-state index contributed by atoms with van der Waals surface area (Å²) in [5.74, 6) is 0.316. The van der Waals surface area contributed by atoms with Crippen molar-refractivity contribution in [2.24, 2.45) is 0 Å². The second-order valence-corrected chi connectivity index (χ2v) is 6.35. The number of hydrogen-bond donors (Lipinski definition) is 1. The first-order chi connectivity index (χ1) is 12.1. The van der Waals surface area contributed by atoms with Gasteiger partial charge in [-0.05, 0) is 0 Å². The third-order valence-electron chi connectivity index (χ3n) is 4.16. The topological polar surface area (TPSA) is 55.1 Å². The highest BCUT2D eigenvalue weighted by Crippen LogP contribution is 2.35. The van der Waals surface area contributed by atoms with Crippen LogP contribution >= 0.6 is 12.4 Å². The molecule has 1 aromatic heterocycles. The maximum Gasteiger partial charge on any atom is 0.305 e. The van der Waals surface area contributed by atoms with Gasteiger partial charge in [0.05, 0.1) is 17.8 Å². The van der Waals surface area contributed by atoms with Crippen molar-refractivity contribution < 1.29 is 9.90 Å². The molecule has 136 valence electrons. The summed E-state index contributed by atoms with van der Waals surface area (Å²) >= 11 is 0. The predicted octanol–water partition coefficient (Wildman–Crippen LogP) is 5.24. The largest absolute Gasteiger partial charge is 0.481 e. The first-order valence-electron chi connectivity index (χ1n) is 8.51. The first kappa shape index (κ1) is 19.7. The van der Waals surface area contributed by atoms with E-state index in [1.54, 1.807) is 0 Å². The van der Waals surface area contributed by atoms with E-state index in [1.165, 1.54) is 0 Å². The number of hydrogen-bond acceptors (Lipinski definition) is 2. The summed E-state index contributed by atoms with van der Waals surface area (Å²) in [5.41, 5.74) is 3.97. The van der Waals surface area contributed by atoms with Crippen molar-refractivity contribution in [2.75, 3.05) is 0 Å². The van der Waals surface area contributed by atoms with Crippen molar-refractivity contribution in [2.45, 2.75) is 32.7 Å². The summed E-state index contributed by atoms with van der Waals surface area (Å²) in [6, 6.07) is 20.1. The molecular weight excluding hydrogens is 348 g/mol. The monoisotopic (exact) mass is 370 g/mol. The molecule has 2 aromatic carbocycles. The van der Waals surface area contributed by atoms with Gasteiger partial charge in [-0.1, -0.05) is 74.5 Å². The van der Waals surface area contributed by atoms with Crippen LogP contribution in [0.4, 0.5) is 0 Å². The lowest BCUT2D eigenvalue weighted by atomic mass is 10.0. The van der Waals surface area contributed by atoms with Crippen molar-refractivity contribution in [3.05, 3.63) is 66.5 Å². The molecule has 0 aliphatic heterocycles. The zero-order chi connectivity index (χ0) is 17.8. The Balaban J connectivity index is 0.00000243. The molecule has 0 saturated heterocycles. The van der Waals surface area contributed by atoms with E-state index >= 15 is 0 Å². The van der Waals surface area contributed by atoms with E-state index in [9.17, 15) is 4.79 Å². The van der Waals surface area contributed by atoms with Crippen molar-refractivity contribution in [3.8, 4) is 22.5 Å². The Morgan fingerprint density at radius 3 is 2.04 bits per heavy atom. The van der Waals surface area contributed by atoms with Crippen LogP contribution in [0, 0.1) is 0 Å². The SMILES string of the molecule is CC(C)c1nc(-c2ccccc2)c(-c2ccccc2)n1CCC(=O)O.Cl. The molecule has 5 heteroatoms. The number of rotatable bonds is 6. The molecule has 0 unspecified atom stereocenters. The Labute approximate surface area is 159 Å². The molecule has 3 aromatic rings. The summed E-state index contributed by atoms with van der Waals surface area (Å²) in [7, 11) is 0. The van der Waals surface area contributed by atoms with Gasteiger partial charge < -0.3 is 9.67 Å².